The van der Waals surface area contributed by atoms with Gasteiger partial charge in [-0.25, -0.2) is 0 Å². The SMILES string of the molecule is COC1CNC(C(=O)N(C)CCN(C)C)C1. The van der Waals surface area contributed by atoms with Crippen molar-refractivity contribution in [2.45, 2.75) is 18.6 Å². The zero-order valence-electron chi connectivity index (χ0n) is 10.7. The summed E-state index contributed by atoms with van der Waals surface area (Å²) in [4.78, 5) is 15.9. The maximum atomic E-state index is 12.0. The fourth-order valence-electron chi connectivity index (χ4n) is 1.80. The number of carbonyl (C=O) groups excluding carboxylic acids is 1. The van der Waals surface area contributed by atoms with Crippen LogP contribution in [0.1, 0.15) is 6.42 Å². The van der Waals surface area contributed by atoms with Crippen molar-refractivity contribution < 1.29 is 9.53 Å². The molecule has 1 amide bonds. The van der Waals surface area contributed by atoms with Crippen LogP contribution in [0.15, 0.2) is 0 Å². The fraction of sp³-hybridized carbons (Fsp3) is 0.909. The van der Waals surface area contributed by atoms with Crippen LogP contribution in [0.4, 0.5) is 0 Å². The van der Waals surface area contributed by atoms with E-state index < -0.39 is 0 Å². The van der Waals surface area contributed by atoms with Gasteiger partial charge in [-0.1, -0.05) is 0 Å². The minimum Gasteiger partial charge on any atom is -0.380 e. The molecule has 1 N–H and O–H groups in total. The maximum Gasteiger partial charge on any atom is 0.239 e. The lowest BCUT2D eigenvalue weighted by molar-refractivity contribution is -0.132. The molecule has 2 unspecified atom stereocenters. The molecule has 1 fully saturated rings. The Morgan fingerprint density at radius 3 is 2.56 bits per heavy atom. The van der Waals surface area contributed by atoms with Gasteiger partial charge in [0, 0.05) is 33.8 Å². The van der Waals surface area contributed by atoms with E-state index in [1.165, 1.54) is 0 Å². The molecule has 0 spiro atoms. The summed E-state index contributed by atoms with van der Waals surface area (Å²) in [5.74, 6) is 0.168. The molecule has 1 rings (SSSR count). The van der Waals surface area contributed by atoms with Gasteiger partial charge in [0.25, 0.3) is 0 Å². The number of methoxy groups -OCH3 is 1. The Labute approximate surface area is 97.7 Å². The highest BCUT2D eigenvalue weighted by atomic mass is 16.5. The van der Waals surface area contributed by atoms with Crippen molar-refractivity contribution in [2.24, 2.45) is 0 Å². The first-order valence-electron chi connectivity index (χ1n) is 5.70. The lowest BCUT2D eigenvalue weighted by atomic mass is 10.2. The summed E-state index contributed by atoms with van der Waals surface area (Å²) < 4.78 is 5.23. The van der Waals surface area contributed by atoms with Crippen LogP contribution in [-0.4, -0.2) is 75.7 Å². The van der Waals surface area contributed by atoms with E-state index in [0.29, 0.717) is 0 Å². The van der Waals surface area contributed by atoms with Gasteiger partial charge >= 0.3 is 0 Å². The normalized spacial score (nSPS) is 25.1. The van der Waals surface area contributed by atoms with Gasteiger partial charge < -0.3 is 19.9 Å². The summed E-state index contributed by atoms with van der Waals surface area (Å²) in [6.45, 7) is 2.43. The zero-order valence-corrected chi connectivity index (χ0v) is 10.7. The van der Waals surface area contributed by atoms with Crippen LogP contribution in [-0.2, 0) is 9.53 Å². The largest absolute Gasteiger partial charge is 0.380 e. The van der Waals surface area contributed by atoms with Crippen LogP contribution in [0.25, 0.3) is 0 Å². The van der Waals surface area contributed by atoms with Crippen LogP contribution in [0, 0.1) is 0 Å². The molecule has 0 saturated carbocycles. The van der Waals surface area contributed by atoms with Crippen molar-refractivity contribution in [1.29, 1.82) is 0 Å². The van der Waals surface area contributed by atoms with E-state index in [2.05, 4.69) is 10.2 Å². The van der Waals surface area contributed by atoms with Crippen molar-refractivity contribution >= 4 is 5.91 Å². The van der Waals surface area contributed by atoms with Crippen LogP contribution in [0.5, 0.6) is 0 Å². The number of carbonyl (C=O) groups is 1. The number of ether oxygens (including phenoxy) is 1. The number of rotatable bonds is 5. The molecule has 1 saturated heterocycles. The van der Waals surface area contributed by atoms with Gasteiger partial charge in [-0.05, 0) is 20.5 Å². The number of nitrogens with one attached hydrogen (secondary N) is 1. The van der Waals surface area contributed by atoms with E-state index in [9.17, 15) is 4.79 Å². The van der Waals surface area contributed by atoms with Gasteiger partial charge in [0.15, 0.2) is 0 Å². The number of nitrogens with zero attached hydrogens (tertiary/aromatic N) is 2. The van der Waals surface area contributed by atoms with Crippen molar-refractivity contribution in [3.63, 3.8) is 0 Å². The standard InChI is InChI=1S/C11H23N3O2/c1-13(2)5-6-14(3)11(15)10-7-9(16-4)8-12-10/h9-10,12H,5-8H2,1-4H3. The van der Waals surface area contributed by atoms with Gasteiger partial charge in [0.1, 0.15) is 0 Å². The van der Waals surface area contributed by atoms with Gasteiger partial charge in [-0.15, -0.1) is 0 Å². The lowest BCUT2D eigenvalue weighted by Crippen LogP contribution is -2.43. The number of likely N-dealkylation sites (N-methyl/N-ethyl adjacent to an activating group) is 2. The predicted molar refractivity (Wildman–Crippen MR) is 63.4 cm³/mol. The van der Waals surface area contributed by atoms with E-state index in [-0.39, 0.29) is 18.1 Å². The molecule has 0 bridgehead atoms. The third-order valence-electron chi connectivity index (χ3n) is 2.98. The van der Waals surface area contributed by atoms with Crippen molar-refractivity contribution in [3.8, 4) is 0 Å². The predicted octanol–water partition coefficient (Wildman–Crippen LogP) is -0.617. The van der Waals surface area contributed by atoms with Crippen molar-refractivity contribution in [1.82, 2.24) is 15.1 Å². The fourth-order valence-corrected chi connectivity index (χ4v) is 1.80. The molecule has 1 heterocycles. The molecule has 0 aromatic rings. The highest BCUT2D eigenvalue weighted by Gasteiger charge is 2.30. The molecule has 94 valence electrons. The minimum atomic E-state index is -0.0721. The molecule has 2 atom stereocenters. The molecular weight excluding hydrogens is 206 g/mol. The molecular formula is C11H23N3O2. The molecule has 0 aromatic heterocycles. The van der Waals surface area contributed by atoms with Gasteiger partial charge in [-0.2, -0.15) is 0 Å². The Hall–Kier alpha value is -0.650. The number of hydrogen-bond donors (Lipinski definition) is 1. The molecule has 5 heteroatoms. The van der Waals surface area contributed by atoms with E-state index in [4.69, 9.17) is 4.74 Å². The summed E-state index contributed by atoms with van der Waals surface area (Å²) in [6.07, 6.45) is 0.956. The molecule has 1 aliphatic heterocycles. The molecule has 0 aliphatic carbocycles. The summed E-state index contributed by atoms with van der Waals surface area (Å²) in [6, 6.07) is -0.0721. The Morgan fingerprint density at radius 1 is 1.38 bits per heavy atom. The Balaban J connectivity index is 2.33. The first-order valence-corrected chi connectivity index (χ1v) is 5.70. The third-order valence-corrected chi connectivity index (χ3v) is 2.98. The quantitative estimate of drug-likeness (QED) is 0.683. The van der Waals surface area contributed by atoms with E-state index >= 15 is 0 Å². The average molecular weight is 229 g/mol. The third kappa shape index (κ3) is 3.73. The Morgan fingerprint density at radius 2 is 2.06 bits per heavy atom. The smallest absolute Gasteiger partial charge is 0.239 e. The second-order valence-corrected chi connectivity index (χ2v) is 4.62. The first kappa shape index (κ1) is 13.4. The Kier molecular flexibility index (Phi) is 5.18. The average Bonchev–Trinajstić information content (AvgIpc) is 2.73. The van der Waals surface area contributed by atoms with E-state index in [1.807, 2.05) is 21.1 Å². The second-order valence-electron chi connectivity index (χ2n) is 4.62. The Bertz CT molecular complexity index is 233. The molecule has 0 radical (unpaired) electrons. The second kappa shape index (κ2) is 6.18. The monoisotopic (exact) mass is 229 g/mol. The summed E-state index contributed by atoms with van der Waals surface area (Å²) >= 11 is 0. The van der Waals surface area contributed by atoms with Crippen LogP contribution < -0.4 is 5.32 Å². The molecule has 5 nitrogen and oxygen atoms in total. The maximum absolute atomic E-state index is 12.0. The van der Waals surface area contributed by atoms with Gasteiger partial charge in [-0.3, -0.25) is 4.79 Å². The van der Waals surface area contributed by atoms with Crippen molar-refractivity contribution in [2.75, 3.05) is 47.9 Å². The first-order chi connectivity index (χ1) is 7.54. The van der Waals surface area contributed by atoms with Gasteiger partial charge in [0.2, 0.25) is 5.91 Å². The zero-order chi connectivity index (χ0) is 12.1. The van der Waals surface area contributed by atoms with Crippen LogP contribution >= 0.6 is 0 Å². The van der Waals surface area contributed by atoms with E-state index in [0.717, 1.165) is 26.1 Å². The van der Waals surface area contributed by atoms with Gasteiger partial charge in [0.05, 0.1) is 12.1 Å². The summed E-state index contributed by atoms with van der Waals surface area (Å²) in [5.41, 5.74) is 0. The number of amides is 1. The minimum absolute atomic E-state index is 0.0721. The molecule has 16 heavy (non-hydrogen) atoms. The van der Waals surface area contributed by atoms with Crippen LogP contribution in [0.2, 0.25) is 0 Å². The highest BCUT2D eigenvalue weighted by Crippen LogP contribution is 2.11. The van der Waals surface area contributed by atoms with E-state index in [1.54, 1.807) is 12.0 Å². The highest BCUT2D eigenvalue weighted by molar-refractivity contribution is 5.82. The lowest BCUT2D eigenvalue weighted by Gasteiger charge is -2.22. The topological polar surface area (TPSA) is 44.8 Å². The summed E-state index contributed by atoms with van der Waals surface area (Å²) in [5, 5.41) is 3.20. The molecule has 0 aromatic carbocycles. The van der Waals surface area contributed by atoms with Crippen LogP contribution in [0.3, 0.4) is 0 Å². The molecule has 1 aliphatic rings. The number of hydrogen-bond acceptors (Lipinski definition) is 4. The van der Waals surface area contributed by atoms with Crippen molar-refractivity contribution in [3.05, 3.63) is 0 Å². The summed E-state index contributed by atoms with van der Waals surface area (Å²) in [7, 11) is 7.56.